The molecule has 1 aliphatic carbocycles. The molecule has 0 bridgehead atoms. The van der Waals surface area contributed by atoms with E-state index < -0.39 is 0 Å². The van der Waals surface area contributed by atoms with Gasteiger partial charge in [-0.1, -0.05) is 11.6 Å². The molecule has 0 N–H and O–H groups in total. The van der Waals surface area contributed by atoms with E-state index in [1.807, 2.05) is 13.8 Å². The van der Waals surface area contributed by atoms with Gasteiger partial charge in [0.15, 0.2) is 0 Å². The molecular formula is C11H13ClN6S. The van der Waals surface area contributed by atoms with Crippen molar-refractivity contribution in [3.63, 3.8) is 0 Å². The van der Waals surface area contributed by atoms with Crippen LogP contribution in [0.1, 0.15) is 44.5 Å². The van der Waals surface area contributed by atoms with Crippen molar-refractivity contribution in [2.75, 3.05) is 0 Å². The molecule has 8 heteroatoms. The molecule has 6 nitrogen and oxygen atoms in total. The van der Waals surface area contributed by atoms with E-state index in [2.05, 4.69) is 25.5 Å². The Kier molecular flexibility index (Phi) is 3.40. The van der Waals surface area contributed by atoms with Crippen LogP contribution in [0.25, 0.3) is 0 Å². The zero-order chi connectivity index (χ0) is 13.4. The molecule has 3 rings (SSSR count). The topological polar surface area (TPSA) is 69.4 Å². The van der Waals surface area contributed by atoms with Crippen molar-refractivity contribution in [2.24, 2.45) is 0 Å². The van der Waals surface area contributed by atoms with E-state index in [0.29, 0.717) is 16.2 Å². The Morgan fingerprint density at radius 1 is 1.37 bits per heavy atom. The third-order valence-corrected chi connectivity index (χ3v) is 3.84. The predicted octanol–water partition coefficient (Wildman–Crippen LogP) is 2.73. The molecule has 0 radical (unpaired) electrons. The summed E-state index contributed by atoms with van der Waals surface area (Å²) in [6.07, 6.45) is 2.29. The molecule has 1 aliphatic rings. The van der Waals surface area contributed by atoms with Crippen LogP contribution >= 0.6 is 23.4 Å². The molecule has 0 spiro atoms. The SMILES string of the molecule is CC(C)n1nnnc1Sc1cc(Cl)nc(C2CC2)n1. The molecule has 0 aromatic carbocycles. The zero-order valence-electron chi connectivity index (χ0n) is 10.6. The second-order valence-electron chi connectivity index (χ2n) is 4.76. The van der Waals surface area contributed by atoms with Gasteiger partial charge in [0, 0.05) is 12.0 Å². The smallest absolute Gasteiger partial charge is 0.215 e. The minimum absolute atomic E-state index is 0.206. The lowest BCUT2D eigenvalue weighted by Crippen LogP contribution is -2.05. The zero-order valence-corrected chi connectivity index (χ0v) is 12.2. The highest BCUT2D eigenvalue weighted by Crippen LogP contribution is 2.39. The molecule has 1 fully saturated rings. The average molecular weight is 297 g/mol. The van der Waals surface area contributed by atoms with Crippen LogP contribution in [0.3, 0.4) is 0 Å². The summed E-state index contributed by atoms with van der Waals surface area (Å²) in [5.41, 5.74) is 0. The number of hydrogen-bond acceptors (Lipinski definition) is 6. The first-order valence-corrected chi connectivity index (χ1v) is 7.33. The molecule has 0 saturated heterocycles. The van der Waals surface area contributed by atoms with E-state index in [0.717, 1.165) is 23.7 Å². The van der Waals surface area contributed by atoms with E-state index >= 15 is 0 Å². The first-order valence-electron chi connectivity index (χ1n) is 6.13. The van der Waals surface area contributed by atoms with Crippen LogP contribution < -0.4 is 0 Å². The molecule has 2 aromatic heterocycles. The van der Waals surface area contributed by atoms with Crippen LogP contribution in [0.15, 0.2) is 16.2 Å². The maximum Gasteiger partial charge on any atom is 0.215 e. The molecule has 1 saturated carbocycles. The van der Waals surface area contributed by atoms with Gasteiger partial charge in [-0.15, -0.1) is 5.10 Å². The largest absolute Gasteiger partial charge is 0.226 e. The van der Waals surface area contributed by atoms with Crippen LogP contribution in [-0.4, -0.2) is 30.2 Å². The first kappa shape index (κ1) is 12.8. The second kappa shape index (κ2) is 5.05. The molecule has 19 heavy (non-hydrogen) atoms. The Balaban J connectivity index is 1.88. The Hall–Kier alpha value is -1.21. The summed E-state index contributed by atoms with van der Waals surface area (Å²) in [5.74, 6) is 1.30. The number of nitrogens with zero attached hydrogens (tertiary/aromatic N) is 6. The van der Waals surface area contributed by atoms with Gasteiger partial charge < -0.3 is 0 Å². The molecule has 0 atom stereocenters. The van der Waals surface area contributed by atoms with Crippen molar-refractivity contribution < 1.29 is 0 Å². The highest BCUT2D eigenvalue weighted by atomic mass is 35.5. The summed E-state index contributed by atoms with van der Waals surface area (Å²) in [6, 6.07) is 1.95. The normalized spacial score (nSPS) is 15.2. The fourth-order valence-corrected chi connectivity index (χ4v) is 2.83. The van der Waals surface area contributed by atoms with Crippen LogP contribution in [0.4, 0.5) is 0 Å². The van der Waals surface area contributed by atoms with Gasteiger partial charge in [0.25, 0.3) is 0 Å². The van der Waals surface area contributed by atoms with Crippen molar-refractivity contribution >= 4 is 23.4 Å². The molecular weight excluding hydrogens is 284 g/mol. The van der Waals surface area contributed by atoms with E-state index in [-0.39, 0.29) is 6.04 Å². The van der Waals surface area contributed by atoms with Gasteiger partial charge in [-0.05, 0) is 48.9 Å². The van der Waals surface area contributed by atoms with Crippen molar-refractivity contribution in [3.05, 3.63) is 17.0 Å². The van der Waals surface area contributed by atoms with Crippen molar-refractivity contribution in [3.8, 4) is 0 Å². The van der Waals surface area contributed by atoms with Gasteiger partial charge in [-0.25, -0.2) is 14.6 Å². The lowest BCUT2D eigenvalue weighted by atomic mass is 10.4. The van der Waals surface area contributed by atoms with Crippen LogP contribution in [0.5, 0.6) is 0 Å². The van der Waals surface area contributed by atoms with Crippen LogP contribution in [0.2, 0.25) is 5.15 Å². The van der Waals surface area contributed by atoms with Gasteiger partial charge in [0.1, 0.15) is 16.0 Å². The summed E-state index contributed by atoms with van der Waals surface area (Å²) in [4.78, 5) is 8.79. The lowest BCUT2D eigenvalue weighted by Gasteiger charge is -2.07. The van der Waals surface area contributed by atoms with E-state index in [1.54, 1.807) is 10.7 Å². The van der Waals surface area contributed by atoms with Crippen molar-refractivity contribution in [1.82, 2.24) is 30.2 Å². The molecule has 2 heterocycles. The number of rotatable bonds is 4. The maximum absolute atomic E-state index is 6.04. The summed E-state index contributed by atoms with van der Waals surface area (Å²) < 4.78 is 1.76. The number of tetrazole rings is 1. The highest BCUT2D eigenvalue weighted by Gasteiger charge is 2.27. The monoisotopic (exact) mass is 296 g/mol. The fourth-order valence-electron chi connectivity index (χ4n) is 1.66. The first-order chi connectivity index (χ1) is 9.13. The van der Waals surface area contributed by atoms with Crippen molar-refractivity contribution in [1.29, 1.82) is 0 Å². The van der Waals surface area contributed by atoms with Gasteiger partial charge in [0.05, 0.1) is 6.04 Å². The molecule has 100 valence electrons. The van der Waals surface area contributed by atoms with Gasteiger partial charge >= 0.3 is 0 Å². The predicted molar refractivity (Wildman–Crippen MR) is 71.3 cm³/mol. The standard InChI is InChI=1S/C11H13ClN6S/c1-6(2)18-11(15-16-17-18)19-9-5-8(12)13-10(14-9)7-3-4-7/h5-7H,3-4H2,1-2H3. The number of halogens is 1. The Labute approximate surface area is 120 Å². The van der Waals surface area contributed by atoms with Gasteiger partial charge in [-0.2, -0.15) is 0 Å². The average Bonchev–Trinajstić information content (AvgIpc) is 3.09. The second-order valence-corrected chi connectivity index (χ2v) is 6.14. The third kappa shape index (κ3) is 2.87. The van der Waals surface area contributed by atoms with Crippen LogP contribution in [0, 0.1) is 0 Å². The van der Waals surface area contributed by atoms with E-state index in [1.165, 1.54) is 11.8 Å². The minimum atomic E-state index is 0.206. The van der Waals surface area contributed by atoms with E-state index in [9.17, 15) is 0 Å². The fraction of sp³-hybridized carbons (Fsp3) is 0.545. The van der Waals surface area contributed by atoms with Crippen molar-refractivity contribution in [2.45, 2.75) is 48.8 Å². The molecule has 0 unspecified atom stereocenters. The Morgan fingerprint density at radius 2 is 2.16 bits per heavy atom. The number of aromatic nitrogens is 6. The van der Waals surface area contributed by atoms with Gasteiger partial charge in [-0.3, -0.25) is 0 Å². The Morgan fingerprint density at radius 3 is 2.84 bits per heavy atom. The molecule has 0 aliphatic heterocycles. The van der Waals surface area contributed by atoms with Crippen LogP contribution in [-0.2, 0) is 0 Å². The maximum atomic E-state index is 6.04. The summed E-state index contributed by atoms with van der Waals surface area (Å²) in [7, 11) is 0. The highest BCUT2D eigenvalue weighted by molar-refractivity contribution is 7.99. The summed E-state index contributed by atoms with van der Waals surface area (Å²) in [5, 5.41) is 13.7. The minimum Gasteiger partial charge on any atom is -0.226 e. The lowest BCUT2D eigenvalue weighted by molar-refractivity contribution is 0.477. The molecule has 2 aromatic rings. The quantitative estimate of drug-likeness (QED) is 0.808. The number of hydrogen-bond donors (Lipinski definition) is 0. The van der Waals surface area contributed by atoms with E-state index in [4.69, 9.17) is 11.6 Å². The van der Waals surface area contributed by atoms with Gasteiger partial charge in [0.2, 0.25) is 5.16 Å². The summed E-state index contributed by atoms with van der Waals surface area (Å²) in [6.45, 7) is 4.06. The summed E-state index contributed by atoms with van der Waals surface area (Å²) >= 11 is 7.46. The molecule has 0 amide bonds. The third-order valence-electron chi connectivity index (χ3n) is 2.78. The Bertz CT molecular complexity index is 595.